The highest BCUT2D eigenvalue weighted by Gasteiger charge is 2.20. The Morgan fingerprint density at radius 3 is 2.52 bits per heavy atom. The van der Waals surface area contributed by atoms with E-state index in [1.165, 1.54) is 18.7 Å². The quantitative estimate of drug-likeness (QED) is 0.426. The number of carbonyl (C=O) groups is 2. The standard InChI is InChI=1S/C21H21ClN4O2S/c1-4-26-19(16-6-5-7-17(22)12-16)24-25-21(26)29-14(3)20(28)23-18-10-8-15(9-11-18)13(2)27/h5-12,14H,4H2,1-3H3,(H,23,28). The fourth-order valence-corrected chi connectivity index (χ4v) is 3.85. The van der Waals surface area contributed by atoms with Gasteiger partial charge in [0.25, 0.3) is 0 Å². The summed E-state index contributed by atoms with van der Waals surface area (Å²) in [6, 6.07) is 14.3. The van der Waals surface area contributed by atoms with E-state index in [1.54, 1.807) is 24.3 Å². The van der Waals surface area contributed by atoms with Gasteiger partial charge in [0.2, 0.25) is 5.91 Å². The summed E-state index contributed by atoms with van der Waals surface area (Å²) in [4.78, 5) is 23.9. The van der Waals surface area contributed by atoms with E-state index in [4.69, 9.17) is 11.6 Å². The highest BCUT2D eigenvalue weighted by atomic mass is 35.5. The molecule has 2 aromatic carbocycles. The maximum absolute atomic E-state index is 12.6. The van der Waals surface area contributed by atoms with Gasteiger partial charge in [-0.1, -0.05) is 35.5 Å². The van der Waals surface area contributed by atoms with Crippen LogP contribution in [0.2, 0.25) is 5.02 Å². The molecule has 6 nitrogen and oxygen atoms in total. The van der Waals surface area contributed by atoms with Crippen LogP contribution in [0.15, 0.2) is 53.7 Å². The van der Waals surface area contributed by atoms with Gasteiger partial charge in [0.1, 0.15) is 0 Å². The van der Waals surface area contributed by atoms with Gasteiger partial charge in [0.15, 0.2) is 16.8 Å². The molecule has 1 heterocycles. The van der Waals surface area contributed by atoms with Gasteiger partial charge in [0.05, 0.1) is 5.25 Å². The van der Waals surface area contributed by atoms with E-state index in [0.717, 1.165) is 5.56 Å². The zero-order valence-corrected chi connectivity index (χ0v) is 17.9. The first-order valence-electron chi connectivity index (χ1n) is 9.16. The Morgan fingerprint density at radius 1 is 1.17 bits per heavy atom. The number of hydrogen-bond donors (Lipinski definition) is 1. The summed E-state index contributed by atoms with van der Waals surface area (Å²) in [7, 11) is 0. The highest BCUT2D eigenvalue weighted by Crippen LogP contribution is 2.28. The van der Waals surface area contributed by atoms with E-state index < -0.39 is 0 Å². The lowest BCUT2D eigenvalue weighted by Crippen LogP contribution is -2.23. The minimum Gasteiger partial charge on any atom is -0.325 e. The van der Waals surface area contributed by atoms with Crippen LogP contribution in [0.3, 0.4) is 0 Å². The lowest BCUT2D eigenvalue weighted by atomic mass is 10.1. The minimum absolute atomic E-state index is 0.0128. The molecule has 0 bridgehead atoms. The summed E-state index contributed by atoms with van der Waals surface area (Å²) in [6.07, 6.45) is 0. The van der Waals surface area contributed by atoms with Crippen molar-refractivity contribution >= 4 is 40.7 Å². The zero-order chi connectivity index (χ0) is 21.0. The van der Waals surface area contributed by atoms with E-state index in [0.29, 0.717) is 33.8 Å². The average Bonchev–Trinajstić information content (AvgIpc) is 3.10. The lowest BCUT2D eigenvalue weighted by molar-refractivity contribution is -0.115. The van der Waals surface area contributed by atoms with Crippen LogP contribution < -0.4 is 5.32 Å². The van der Waals surface area contributed by atoms with E-state index >= 15 is 0 Å². The second-order valence-corrected chi connectivity index (χ2v) is 8.19. The van der Waals surface area contributed by atoms with E-state index in [9.17, 15) is 9.59 Å². The molecule has 0 aliphatic heterocycles. The number of nitrogens with one attached hydrogen (secondary N) is 1. The van der Waals surface area contributed by atoms with Gasteiger partial charge < -0.3 is 9.88 Å². The highest BCUT2D eigenvalue weighted by molar-refractivity contribution is 8.00. The van der Waals surface area contributed by atoms with Crippen LogP contribution in [0.5, 0.6) is 0 Å². The molecule has 8 heteroatoms. The number of carbonyl (C=O) groups excluding carboxylic acids is 2. The van der Waals surface area contributed by atoms with Gasteiger partial charge in [-0.25, -0.2) is 0 Å². The molecule has 0 spiro atoms. The van der Waals surface area contributed by atoms with E-state index in [-0.39, 0.29) is 16.9 Å². The maximum Gasteiger partial charge on any atom is 0.237 e. The van der Waals surface area contributed by atoms with Crippen LogP contribution in [-0.4, -0.2) is 31.7 Å². The molecular formula is C21H21ClN4O2S. The average molecular weight is 429 g/mol. The molecule has 0 aliphatic rings. The number of aromatic nitrogens is 3. The van der Waals surface area contributed by atoms with Gasteiger partial charge in [-0.05, 0) is 57.2 Å². The van der Waals surface area contributed by atoms with Gasteiger partial charge in [-0.3, -0.25) is 9.59 Å². The summed E-state index contributed by atoms with van der Waals surface area (Å²) in [5.74, 6) is 0.548. The Kier molecular flexibility index (Phi) is 6.71. The van der Waals surface area contributed by atoms with Crippen molar-refractivity contribution in [3.8, 4) is 11.4 Å². The number of halogens is 1. The number of anilines is 1. The Morgan fingerprint density at radius 2 is 1.90 bits per heavy atom. The number of rotatable bonds is 7. The van der Waals surface area contributed by atoms with Gasteiger partial charge in [0, 0.05) is 28.4 Å². The van der Waals surface area contributed by atoms with Crippen molar-refractivity contribution in [2.75, 3.05) is 5.32 Å². The molecule has 0 fully saturated rings. The number of ketones is 1. The first kappa shape index (κ1) is 21.1. The number of amides is 1. The number of hydrogen-bond acceptors (Lipinski definition) is 5. The first-order chi connectivity index (χ1) is 13.9. The molecular weight excluding hydrogens is 408 g/mol. The summed E-state index contributed by atoms with van der Waals surface area (Å²) in [5, 5.41) is 12.3. The van der Waals surface area contributed by atoms with Crippen molar-refractivity contribution in [1.29, 1.82) is 0 Å². The first-order valence-corrected chi connectivity index (χ1v) is 10.4. The molecule has 1 N–H and O–H groups in total. The fraction of sp³-hybridized carbons (Fsp3) is 0.238. The van der Waals surface area contributed by atoms with Crippen molar-refractivity contribution in [3.63, 3.8) is 0 Å². The Labute approximate surface area is 178 Å². The van der Waals surface area contributed by atoms with Crippen molar-refractivity contribution in [2.24, 2.45) is 0 Å². The molecule has 0 radical (unpaired) electrons. The Bertz CT molecular complexity index is 1030. The Balaban J connectivity index is 1.72. The van der Waals surface area contributed by atoms with Crippen molar-refractivity contribution in [1.82, 2.24) is 14.8 Å². The topological polar surface area (TPSA) is 76.9 Å². The normalized spacial score (nSPS) is 11.9. The Hall–Kier alpha value is -2.64. The third-order valence-electron chi connectivity index (χ3n) is 4.33. The SMILES string of the molecule is CCn1c(SC(C)C(=O)Nc2ccc(C(C)=O)cc2)nnc1-c1cccc(Cl)c1. The lowest BCUT2D eigenvalue weighted by Gasteiger charge is -2.13. The van der Waals surface area contributed by atoms with Crippen LogP contribution in [0.1, 0.15) is 31.1 Å². The van der Waals surface area contributed by atoms with Crippen LogP contribution in [0.4, 0.5) is 5.69 Å². The second kappa shape index (κ2) is 9.24. The summed E-state index contributed by atoms with van der Waals surface area (Å²) >= 11 is 7.43. The number of benzene rings is 2. The molecule has 29 heavy (non-hydrogen) atoms. The monoisotopic (exact) mass is 428 g/mol. The van der Waals surface area contributed by atoms with Gasteiger partial charge in [-0.15, -0.1) is 10.2 Å². The predicted molar refractivity (Wildman–Crippen MR) is 117 cm³/mol. The third-order valence-corrected chi connectivity index (χ3v) is 5.64. The molecule has 0 saturated heterocycles. The summed E-state index contributed by atoms with van der Waals surface area (Å²) in [6.45, 7) is 5.99. The molecule has 1 aromatic heterocycles. The molecule has 1 unspecified atom stereocenters. The minimum atomic E-state index is -0.385. The van der Waals surface area contributed by atoms with E-state index in [1.807, 2.05) is 42.7 Å². The molecule has 3 rings (SSSR count). The number of thioether (sulfide) groups is 1. The van der Waals surface area contributed by atoms with Crippen molar-refractivity contribution in [2.45, 2.75) is 37.7 Å². The van der Waals surface area contributed by atoms with Crippen LogP contribution in [0, 0.1) is 0 Å². The maximum atomic E-state index is 12.6. The smallest absolute Gasteiger partial charge is 0.237 e. The fourth-order valence-electron chi connectivity index (χ4n) is 2.75. The molecule has 3 aromatic rings. The van der Waals surface area contributed by atoms with Crippen LogP contribution >= 0.6 is 23.4 Å². The molecule has 0 aliphatic carbocycles. The third kappa shape index (κ3) is 5.05. The molecule has 1 atom stereocenters. The van der Waals surface area contributed by atoms with E-state index in [2.05, 4.69) is 15.5 Å². The number of Topliss-reactive ketones (excluding diaryl/α,β-unsaturated/α-hetero) is 1. The van der Waals surface area contributed by atoms with Crippen LogP contribution in [-0.2, 0) is 11.3 Å². The largest absolute Gasteiger partial charge is 0.325 e. The van der Waals surface area contributed by atoms with Crippen molar-refractivity contribution in [3.05, 3.63) is 59.1 Å². The number of nitrogens with zero attached hydrogens (tertiary/aromatic N) is 3. The second-order valence-electron chi connectivity index (χ2n) is 6.44. The summed E-state index contributed by atoms with van der Waals surface area (Å²) in [5.41, 5.74) is 2.13. The predicted octanol–water partition coefficient (Wildman–Crippen LogP) is 4.94. The van der Waals surface area contributed by atoms with Gasteiger partial charge in [-0.2, -0.15) is 0 Å². The molecule has 150 valence electrons. The summed E-state index contributed by atoms with van der Waals surface area (Å²) < 4.78 is 1.96. The van der Waals surface area contributed by atoms with Crippen molar-refractivity contribution < 1.29 is 9.59 Å². The molecule has 0 saturated carbocycles. The van der Waals surface area contributed by atoms with Crippen LogP contribution in [0.25, 0.3) is 11.4 Å². The zero-order valence-electron chi connectivity index (χ0n) is 16.3. The van der Waals surface area contributed by atoms with Gasteiger partial charge >= 0.3 is 0 Å². The molecule has 1 amide bonds.